The zero-order valence-corrected chi connectivity index (χ0v) is 10.9. The van der Waals surface area contributed by atoms with Crippen molar-refractivity contribution in [1.82, 2.24) is 9.78 Å². The first kappa shape index (κ1) is 12.6. The van der Waals surface area contributed by atoms with Crippen LogP contribution in [0.3, 0.4) is 0 Å². The molecule has 1 aliphatic carbocycles. The van der Waals surface area contributed by atoms with Crippen molar-refractivity contribution in [3.8, 4) is 0 Å². The van der Waals surface area contributed by atoms with Crippen molar-refractivity contribution in [2.45, 2.75) is 50.7 Å². The van der Waals surface area contributed by atoms with Gasteiger partial charge in [0.05, 0.1) is 11.3 Å². The van der Waals surface area contributed by atoms with E-state index in [0.29, 0.717) is 0 Å². The van der Waals surface area contributed by atoms with Crippen molar-refractivity contribution in [2.75, 3.05) is 6.61 Å². The molecular formula is C13H23N3O. The molecule has 0 radical (unpaired) electrons. The third kappa shape index (κ3) is 2.69. The Bertz CT molecular complexity index is 355. The first-order chi connectivity index (χ1) is 8.16. The van der Waals surface area contributed by atoms with Crippen molar-refractivity contribution < 1.29 is 4.74 Å². The molecule has 4 nitrogen and oxygen atoms in total. The van der Waals surface area contributed by atoms with Gasteiger partial charge in [-0.2, -0.15) is 5.10 Å². The second kappa shape index (κ2) is 5.19. The van der Waals surface area contributed by atoms with Crippen LogP contribution in [0.4, 0.5) is 0 Å². The van der Waals surface area contributed by atoms with E-state index in [1.807, 2.05) is 30.9 Å². The number of aromatic nitrogens is 2. The van der Waals surface area contributed by atoms with E-state index in [4.69, 9.17) is 10.5 Å². The van der Waals surface area contributed by atoms with Crippen LogP contribution < -0.4 is 5.73 Å². The quantitative estimate of drug-likeness (QED) is 0.847. The molecule has 0 amide bonds. The summed E-state index contributed by atoms with van der Waals surface area (Å²) < 4.78 is 7.80. The Morgan fingerprint density at radius 3 is 2.76 bits per heavy atom. The number of rotatable bonds is 5. The van der Waals surface area contributed by atoms with Crippen LogP contribution in [-0.2, 0) is 18.2 Å². The van der Waals surface area contributed by atoms with E-state index in [2.05, 4.69) is 5.10 Å². The molecular weight excluding hydrogens is 214 g/mol. The number of ether oxygens (including phenoxy) is 1. The lowest BCUT2D eigenvalue weighted by Crippen LogP contribution is -2.49. The van der Waals surface area contributed by atoms with Gasteiger partial charge in [-0.3, -0.25) is 4.68 Å². The molecule has 0 aromatic carbocycles. The molecule has 0 bridgehead atoms. The zero-order valence-electron chi connectivity index (χ0n) is 10.9. The fourth-order valence-corrected chi connectivity index (χ4v) is 2.87. The lowest BCUT2D eigenvalue weighted by Gasteiger charge is -2.34. The Balaban J connectivity index is 2.03. The largest absolute Gasteiger partial charge is 0.374 e. The lowest BCUT2D eigenvalue weighted by atomic mass is 9.89. The second-order valence-electron chi connectivity index (χ2n) is 5.00. The molecule has 1 aliphatic rings. The summed E-state index contributed by atoms with van der Waals surface area (Å²) >= 11 is 0. The van der Waals surface area contributed by atoms with E-state index >= 15 is 0 Å². The van der Waals surface area contributed by atoms with Gasteiger partial charge in [0.2, 0.25) is 0 Å². The summed E-state index contributed by atoms with van der Waals surface area (Å²) in [5.74, 6) is 0. The molecule has 1 unspecified atom stereocenters. The van der Waals surface area contributed by atoms with Crippen molar-refractivity contribution in [1.29, 1.82) is 0 Å². The summed E-state index contributed by atoms with van der Waals surface area (Å²) in [5, 5.41) is 4.39. The van der Waals surface area contributed by atoms with Crippen LogP contribution in [0.15, 0.2) is 12.3 Å². The molecule has 4 heteroatoms. The van der Waals surface area contributed by atoms with Crippen LogP contribution in [0.5, 0.6) is 0 Å². The summed E-state index contributed by atoms with van der Waals surface area (Å²) in [7, 11) is 1.93. The molecule has 2 N–H and O–H groups in total. The number of nitrogens with zero attached hydrogens (tertiary/aromatic N) is 2. The van der Waals surface area contributed by atoms with Crippen LogP contribution in [0, 0.1) is 0 Å². The average Bonchev–Trinajstić information content (AvgIpc) is 2.89. The van der Waals surface area contributed by atoms with Crippen molar-refractivity contribution in [2.24, 2.45) is 12.8 Å². The molecule has 1 aromatic heterocycles. The van der Waals surface area contributed by atoms with Gasteiger partial charge in [-0.05, 0) is 25.8 Å². The van der Waals surface area contributed by atoms with E-state index in [-0.39, 0.29) is 11.6 Å². The van der Waals surface area contributed by atoms with Crippen LogP contribution in [0.25, 0.3) is 0 Å². The Hall–Kier alpha value is -0.870. The topological polar surface area (TPSA) is 53.1 Å². The van der Waals surface area contributed by atoms with E-state index in [0.717, 1.165) is 31.6 Å². The Morgan fingerprint density at radius 2 is 2.24 bits per heavy atom. The molecule has 0 spiro atoms. The maximum Gasteiger partial charge on any atom is 0.0836 e. The van der Waals surface area contributed by atoms with Gasteiger partial charge in [-0.15, -0.1) is 0 Å². The molecule has 0 aliphatic heterocycles. The Labute approximate surface area is 103 Å². The standard InChI is InChI=1S/C13H23N3O/c1-3-17-13(7-4-5-8-13)12(14)10-11-6-9-16(2)15-11/h6,9,12H,3-5,7-8,10,14H2,1-2H3. The van der Waals surface area contributed by atoms with Gasteiger partial charge in [0, 0.05) is 32.3 Å². The average molecular weight is 237 g/mol. The molecule has 1 atom stereocenters. The van der Waals surface area contributed by atoms with Gasteiger partial charge >= 0.3 is 0 Å². The minimum atomic E-state index is -0.105. The zero-order chi connectivity index (χ0) is 12.3. The van der Waals surface area contributed by atoms with Gasteiger partial charge in [0.1, 0.15) is 0 Å². The van der Waals surface area contributed by atoms with Crippen molar-refractivity contribution >= 4 is 0 Å². The molecule has 1 saturated carbocycles. The highest BCUT2D eigenvalue weighted by Crippen LogP contribution is 2.36. The number of hydrogen-bond donors (Lipinski definition) is 1. The van der Waals surface area contributed by atoms with Gasteiger partial charge in [-0.25, -0.2) is 0 Å². The van der Waals surface area contributed by atoms with Gasteiger partial charge in [-0.1, -0.05) is 12.8 Å². The molecule has 1 fully saturated rings. The van der Waals surface area contributed by atoms with Crippen LogP contribution in [0.2, 0.25) is 0 Å². The molecule has 17 heavy (non-hydrogen) atoms. The van der Waals surface area contributed by atoms with E-state index in [1.165, 1.54) is 12.8 Å². The SMILES string of the molecule is CCOC1(C(N)Cc2ccn(C)n2)CCCC1. The molecule has 1 heterocycles. The summed E-state index contributed by atoms with van der Waals surface area (Å²) in [6, 6.07) is 2.09. The van der Waals surface area contributed by atoms with Crippen LogP contribution in [-0.4, -0.2) is 28.0 Å². The summed E-state index contributed by atoms with van der Waals surface area (Å²) in [6.45, 7) is 2.80. The van der Waals surface area contributed by atoms with Gasteiger partial charge < -0.3 is 10.5 Å². The minimum Gasteiger partial charge on any atom is -0.374 e. The second-order valence-corrected chi connectivity index (χ2v) is 5.00. The van der Waals surface area contributed by atoms with E-state index in [9.17, 15) is 0 Å². The summed E-state index contributed by atoms with van der Waals surface area (Å²) in [6.07, 6.45) is 7.42. The predicted octanol–water partition coefficient (Wildman–Crippen LogP) is 1.64. The third-order valence-electron chi connectivity index (χ3n) is 3.76. The fraction of sp³-hybridized carbons (Fsp3) is 0.769. The van der Waals surface area contributed by atoms with Crippen LogP contribution >= 0.6 is 0 Å². The highest BCUT2D eigenvalue weighted by molar-refractivity contribution is 5.06. The minimum absolute atomic E-state index is 0.0554. The Morgan fingerprint density at radius 1 is 1.53 bits per heavy atom. The van der Waals surface area contributed by atoms with Gasteiger partial charge in [0.15, 0.2) is 0 Å². The highest BCUT2D eigenvalue weighted by atomic mass is 16.5. The smallest absolute Gasteiger partial charge is 0.0836 e. The molecule has 96 valence electrons. The number of nitrogens with two attached hydrogens (primary N) is 1. The molecule has 1 aromatic rings. The summed E-state index contributed by atoms with van der Waals surface area (Å²) in [5.41, 5.74) is 7.32. The maximum atomic E-state index is 6.37. The van der Waals surface area contributed by atoms with Gasteiger partial charge in [0.25, 0.3) is 0 Å². The molecule has 2 rings (SSSR count). The van der Waals surface area contributed by atoms with E-state index in [1.54, 1.807) is 0 Å². The summed E-state index contributed by atoms with van der Waals surface area (Å²) in [4.78, 5) is 0. The monoisotopic (exact) mass is 237 g/mol. The third-order valence-corrected chi connectivity index (χ3v) is 3.76. The van der Waals surface area contributed by atoms with Crippen LogP contribution in [0.1, 0.15) is 38.3 Å². The number of hydrogen-bond acceptors (Lipinski definition) is 3. The maximum absolute atomic E-state index is 6.37. The van der Waals surface area contributed by atoms with Crippen molar-refractivity contribution in [3.05, 3.63) is 18.0 Å². The fourth-order valence-electron chi connectivity index (χ4n) is 2.87. The molecule has 0 saturated heterocycles. The lowest BCUT2D eigenvalue weighted by molar-refractivity contribution is -0.0526. The van der Waals surface area contributed by atoms with Crippen molar-refractivity contribution in [3.63, 3.8) is 0 Å². The first-order valence-corrected chi connectivity index (χ1v) is 6.54. The Kier molecular flexibility index (Phi) is 3.84. The predicted molar refractivity (Wildman–Crippen MR) is 67.7 cm³/mol. The normalized spacial score (nSPS) is 20.6. The van der Waals surface area contributed by atoms with E-state index < -0.39 is 0 Å². The number of aryl methyl sites for hydroxylation is 1. The first-order valence-electron chi connectivity index (χ1n) is 6.54. The highest BCUT2D eigenvalue weighted by Gasteiger charge is 2.40.